The summed E-state index contributed by atoms with van der Waals surface area (Å²) in [6.45, 7) is 4.85. The largest absolute Gasteiger partial charge is 0.489 e. The number of benzene rings is 2. The smallest absolute Gasteiger partial charge is 0.129 e. The number of ether oxygens (including phenoxy) is 1. The minimum absolute atomic E-state index is 0.0742. The molecule has 4 heteroatoms. The monoisotopic (exact) mass is 291 g/mol. The lowest BCUT2D eigenvalue weighted by Gasteiger charge is -2.11. The molecule has 0 heterocycles. The fourth-order valence-electron chi connectivity index (χ4n) is 1.89. The molecule has 0 spiro atoms. The topological polar surface area (TPSA) is 21.3 Å². The van der Waals surface area contributed by atoms with Gasteiger partial charge in [0.2, 0.25) is 0 Å². The highest BCUT2D eigenvalue weighted by Gasteiger charge is 2.06. The number of hydrogen-bond donors (Lipinski definition) is 1. The van der Waals surface area contributed by atoms with Gasteiger partial charge < -0.3 is 10.1 Å². The Hall–Kier alpha value is -1.94. The van der Waals surface area contributed by atoms with E-state index in [2.05, 4.69) is 19.2 Å². The zero-order chi connectivity index (χ0) is 15.2. The molecule has 2 aromatic carbocycles. The molecule has 0 saturated heterocycles. The standard InChI is InChI=1S/C17H19F2NO/c1-12(2)20-10-13-6-7-17(19)14(8-13)11-21-16-5-3-4-15(18)9-16/h3-9,12,20H,10-11H2,1-2H3. The van der Waals surface area contributed by atoms with Gasteiger partial charge in [-0.3, -0.25) is 0 Å². The molecule has 2 aromatic rings. The van der Waals surface area contributed by atoms with E-state index in [1.54, 1.807) is 24.3 Å². The number of rotatable bonds is 6. The van der Waals surface area contributed by atoms with Gasteiger partial charge in [-0.1, -0.05) is 26.0 Å². The third-order valence-electron chi connectivity index (χ3n) is 3.01. The summed E-state index contributed by atoms with van der Waals surface area (Å²) in [6, 6.07) is 11.1. The van der Waals surface area contributed by atoms with Crippen LogP contribution >= 0.6 is 0 Å². The molecule has 0 amide bonds. The predicted molar refractivity (Wildman–Crippen MR) is 79.1 cm³/mol. The van der Waals surface area contributed by atoms with Crippen LogP contribution in [0, 0.1) is 11.6 Å². The summed E-state index contributed by atoms with van der Waals surface area (Å²) >= 11 is 0. The second kappa shape index (κ2) is 7.18. The minimum Gasteiger partial charge on any atom is -0.489 e. The maximum atomic E-state index is 13.8. The van der Waals surface area contributed by atoms with Crippen molar-refractivity contribution in [1.29, 1.82) is 0 Å². The fourth-order valence-corrected chi connectivity index (χ4v) is 1.89. The van der Waals surface area contributed by atoms with Crippen LogP contribution in [0.2, 0.25) is 0 Å². The SMILES string of the molecule is CC(C)NCc1ccc(F)c(COc2cccc(F)c2)c1. The van der Waals surface area contributed by atoms with E-state index < -0.39 is 0 Å². The third kappa shape index (κ3) is 4.83. The molecular weight excluding hydrogens is 272 g/mol. The summed E-state index contributed by atoms with van der Waals surface area (Å²) < 4.78 is 32.3. The van der Waals surface area contributed by atoms with Crippen LogP contribution in [-0.4, -0.2) is 6.04 Å². The summed E-state index contributed by atoms with van der Waals surface area (Å²) in [7, 11) is 0. The molecule has 0 fully saturated rings. The van der Waals surface area contributed by atoms with E-state index in [0.717, 1.165) is 5.56 Å². The Labute approximate surface area is 123 Å². The number of hydrogen-bond acceptors (Lipinski definition) is 2. The molecule has 21 heavy (non-hydrogen) atoms. The highest BCUT2D eigenvalue weighted by molar-refractivity contribution is 5.27. The van der Waals surface area contributed by atoms with E-state index in [1.165, 1.54) is 18.2 Å². The van der Waals surface area contributed by atoms with Gasteiger partial charge in [0.1, 0.15) is 24.0 Å². The van der Waals surface area contributed by atoms with E-state index in [4.69, 9.17) is 4.74 Å². The highest BCUT2D eigenvalue weighted by atomic mass is 19.1. The van der Waals surface area contributed by atoms with Gasteiger partial charge in [-0.05, 0) is 29.8 Å². The normalized spacial score (nSPS) is 10.9. The van der Waals surface area contributed by atoms with Crippen LogP contribution in [0.1, 0.15) is 25.0 Å². The van der Waals surface area contributed by atoms with E-state index in [-0.39, 0.29) is 18.2 Å². The molecular formula is C17H19F2NO. The van der Waals surface area contributed by atoms with Crippen LogP contribution in [0.3, 0.4) is 0 Å². The predicted octanol–water partition coefficient (Wildman–Crippen LogP) is 4.04. The van der Waals surface area contributed by atoms with Crippen molar-refractivity contribution < 1.29 is 13.5 Å². The van der Waals surface area contributed by atoms with Crippen molar-refractivity contribution in [2.45, 2.75) is 33.0 Å². The Balaban J connectivity index is 2.03. The first kappa shape index (κ1) is 15.4. The molecule has 0 aliphatic heterocycles. The van der Waals surface area contributed by atoms with Gasteiger partial charge in [0.05, 0.1) is 0 Å². The van der Waals surface area contributed by atoms with Crippen molar-refractivity contribution >= 4 is 0 Å². The van der Waals surface area contributed by atoms with Crippen molar-refractivity contribution in [1.82, 2.24) is 5.32 Å². The first-order valence-electron chi connectivity index (χ1n) is 6.93. The molecule has 0 bridgehead atoms. The van der Waals surface area contributed by atoms with Crippen LogP contribution < -0.4 is 10.1 Å². The lowest BCUT2D eigenvalue weighted by atomic mass is 10.1. The van der Waals surface area contributed by atoms with Crippen LogP contribution in [-0.2, 0) is 13.2 Å². The second-order valence-electron chi connectivity index (χ2n) is 5.21. The van der Waals surface area contributed by atoms with Gasteiger partial charge in [0.15, 0.2) is 0 Å². The molecule has 0 radical (unpaired) electrons. The molecule has 0 atom stereocenters. The van der Waals surface area contributed by atoms with Crippen molar-refractivity contribution in [2.24, 2.45) is 0 Å². The van der Waals surface area contributed by atoms with Gasteiger partial charge in [-0.2, -0.15) is 0 Å². The van der Waals surface area contributed by atoms with E-state index in [0.29, 0.717) is 23.9 Å². The van der Waals surface area contributed by atoms with Crippen LogP contribution in [0.5, 0.6) is 5.75 Å². The summed E-state index contributed by atoms with van der Waals surface area (Å²) in [4.78, 5) is 0. The van der Waals surface area contributed by atoms with Crippen molar-refractivity contribution in [3.8, 4) is 5.75 Å². The summed E-state index contributed by atoms with van der Waals surface area (Å²) in [5.74, 6) is -0.303. The molecule has 0 aliphatic rings. The zero-order valence-electron chi connectivity index (χ0n) is 12.2. The maximum absolute atomic E-state index is 13.8. The van der Waals surface area contributed by atoms with Crippen LogP contribution in [0.15, 0.2) is 42.5 Å². The van der Waals surface area contributed by atoms with Crippen LogP contribution in [0.25, 0.3) is 0 Å². The lowest BCUT2D eigenvalue weighted by molar-refractivity contribution is 0.298. The van der Waals surface area contributed by atoms with Crippen molar-refractivity contribution in [2.75, 3.05) is 0 Å². The minimum atomic E-state index is -0.372. The van der Waals surface area contributed by atoms with Gasteiger partial charge in [0.25, 0.3) is 0 Å². The lowest BCUT2D eigenvalue weighted by Crippen LogP contribution is -2.21. The Morgan fingerprint density at radius 1 is 1.10 bits per heavy atom. The molecule has 1 N–H and O–H groups in total. The van der Waals surface area contributed by atoms with Gasteiger partial charge in [0, 0.05) is 24.2 Å². The average molecular weight is 291 g/mol. The van der Waals surface area contributed by atoms with E-state index >= 15 is 0 Å². The van der Waals surface area contributed by atoms with Crippen molar-refractivity contribution in [3.05, 3.63) is 65.2 Å². The molecule has 0 saturated carbocycles. The van der Waals surface area contributed by atoms with E-state index in [9.17, 15) is 8.78 Å². The Bertz CT molecular complexity index is 599. The van der Waals surface area contributed by atoms with Crippen LogP contribution in [0.4, 0.5) is 8.78 Å². The Morgan fingerprint density at radius 3 is 2.62 bits per heavy atom. The van der Waals surface area contributed by atoms with Gasteiger partial charge in [-0.25, -0.2) is 8.78 Å². The first-order valence-corrected chi connectivity index (χ1v) is 6.93. The third-order valence-corrected chi connectivity index (χ3v) is 3.01. The zero-order valence-corrected chi connectivity index (χ0v) is 12.2. The van der Waals surface area contributed by atoms with Gasteiger partial charge >= 0.3 is 0 Å². The van der Waals surface area contributed by atoms with Crippen molar-refractivity contribution in [3.63, 3.8) is 0 Å². The quantitative estimate of drug-likeness (QED) is 0.867. The molecule has 2 nitrogen and oxygen atoms in total. The van der Waals surface area contributed by atoms with Gasteiger partial charge in [-0.15, -0.1) is 0 Å². The molecule has 0 aliphatic carbocycles. The summed E-state index contributed by atoms with van der Waals surface area (Å²) in [6.07, 6.45) is 0. The Morgan fingerprint density at radius 2 is 1.90 bits per heavy atom. The Kier molecular flexibility index (Phi) is 5.28. The molecule has 0 aromatic heterocycles. The first-order chi connectivity index (χ1) is 10.0. The molecule has 112 valence electrons. The fraction of sp³-hybridized carbons (Fsp3) is 0.294. The average Bonchev–Trinajstić information content (AvgIpc) is 2.45. The van der Waals surface area contributed by atoms with E-state index in [1.807, 2.05) is 0 Å². The number of halogens is 2. The molecule has 2 rings (SSSR count). The summed E-state index contributed by atoms with van der Waals surface area (Å²) in [5.41, 5.74) is 1.45. The number of nitrogens with one attached hydrogen (secondary N) is 1. The molecule has 0 unspecified atom stereocenters. The maximum Gasteiger partial charge on any atom is 0.129 e. The highest BCUT2D eigenvalue weighted by Crippen LogP contribution is 2.17. The second-order valence-corrected chi connectivity index (χ2v) is 5.21. The summed E-state index contributed by atoms with van der Waals surface area (Å²) in [5, 5.41) is 3.28.